The third-order valence-corrected chi connectivity index (χ3v) is 5.52. The Balaban J connectivity index is 1.73. The van der Waals surface area contributed by atoms with Gasteiger partial charge in [-0.2, -0.15) is 0 Å². The van der Waals surface area contributed by atoms with Gasteiger partial charge in [0, 0.05) is 0 Å². The molecule has 0 bridgehead atoms. The fraction of sp³-hybridized carbons (Fsp3) is 0.182. The minimum absolute atomic E-state index is 0.180. The lowest BCUT2D eigenvalue weighted by Crippen LogP contribution is -2.06. The molecular formula is C22H19NO3S. The molecule has 5 heteroatoms. The summed E-state index contributed by atoms with van der Waals surface area (Å²) in [5.41, 5.74) is 2.09. The van der Waals surface area contributed by atoms with Gasteiger partial charge in [-0.25, -0.2) is 9.78 Å². The third kappa shape index (κ3) is 3.51. The summed E-state index contributed by atoms with van der Waals surface area (Å²) >= 11 is 1.53. The molecule has 0 aliphatic carbocycles. The Bertz CT molecular complexity index is 1100. The number of thiazole rings is 1. The van der Waals surface area contributed by atoms with Gasteiger partial charge in [0.2, 0.25) is 0 Å². The number of carbonyl (C=O) groups excluding carboxylic acids is 1. The lowest BCUT2D eigenvalue weighted by molar-refractivity contribution is 0.0500. The van der Waals surface area contributed by atoms with E-state index in [2.05, 4.69) is 11.9 Å². The molecule has 0 saturated carbocycles. The van der Waals surface area contributed by atoms with Crippen molar-refractivity contribution >= 4 is 38.3 Å². The Morgan fingerprint density at radius 2 is 1.96 bits per heavy atom. The molecule has 4 rings (SSSR count). The topological polar surface area (TPSA) is 59.4 Å². The summed E-state index contributed by atoms with van der Waals surface area (Å²) in [6.45, 7) is 2.49. The van der Waals surface area contributed by atoms with E-state index in [1.807, 2.05) is 36.4 Å². The molecule has 0 saturated heterocycles. The van der Waals surface area contributed by atoms with Crippen molar-refractivity contribution in [3.63, 3.8) is 0 Å². The second-order valence-electron chi connectivity index (χ2n) is 6.41. The highest BCUT2D eigenvalue weighted by Crippen LogP contribution is 2.37. The number of hydrogen-bond donors (Lipinski definition) is 1. The largest absolute Gasteiger partial charge is 0.507 e. The lowest BCUT2D eigenvalue weighted by atomic mass is 10.0. The van der Waals surface area contributed by atoms with Gasteiger partial charge in [0.25, 0.3) is 0 Å². The molecule has 0 atom stereocenters. The van der Waals surface area contributed by atoms with Gasteiger partial charge in [-0.3, -0.25) is 0 Å². The first-order valence-electron chi connectivity index (χ1n) is 8.95. The monoisotopic (exact) mass is 377 g/mol. The van der Waals surface area contributed by atoms with Gasteiger partial charge in [0.1, 0.15) is 10.8 Å². The Hall–Kier alpha value is -2.92. The molecule has 0 amide bonds. The molecule has 0 unspecified atom stereocenters. The maximum absolute atomic E-state index is 12.2. The van der Waals surface area contributed by atoms with Crippen LogP contribution in [-0.4, -0.2) is 22.7 Å². The number of esters is 1. The van der Waals surface area contributed by atoms with Crippen LogP contribution >= 0.6 is 11.3 Å². The predicted octanol–water partition coefficient (Wildman–Crippen LogP) is 5.78. The zero-order valence-electron chi connectivity index (χ0n) is 14.9. The van der Waals surface area contributed by atoms with Crippen molar-refractivity contribution in [2.75, 3.05) is 6.61 Å². The van der Waals surface area contributed by atoms with Crippen molar-refractivity contribution in [1.82, 2.24) is 4.98 Å². The summed E-state index contributed by atoms with van der Waals surface area (Å²) in [5, 5.41) is 13.0. The van der Waals surface area contributed by atoms with Crippen molar-refractivity contribution in [2.45, 2.75) is 19.8 Å². The van der Waals surface area contributed by atoms with E-state index in [1.165, 1.54) is 11.3 Å². The number of ether oxygens (including phenoxy) is 1. The predicted molar refractivity (Wildman–Crippen MR) is 109 cm³/mol. The number of fused-ring (bicyclic) bond motifs is 2. The number of phenols is 1. The maximum atomic E-state index is 12.2. The number of nitrogens with zero attached hydrogens (tertiary/aromatic N) is 1. The van der Waals surface area contributed by atoms with E-state index in [9.17, 15) is 9.90 Å². The smallest absolute Gasteiger partial charge is 0.338 e. The van der Waals surface area contributed by atoms with Crippen LogP contribution in [0.3, 0.4) is 0 Å². The van der Waals surface area contributed by atoms with Gasteiger partial charge in [-0.1, -0.05) is 31.5 Å². The van der Waals surface area contributed by atoms with Crippen LogP contribution in [0.4, 0.5) is 0 Å². The van der Waals surface area contributed by atoms with Crippen LogP contribution in [0, 0.1) is 0 Å². The van der Waals surface area contributed by atoms with E-state index >= 15 is 0 Å². The average molecular weight is 377 g/mol. The minimum Gasteiger partial charge on any atom is -0.507 e. The van der Waals surface area contributed by atoms with Crippen molar-refractivity contribution in [2.24, 2.45) is 0 Å². The Kier molecular flexibility index (Phi) is 4.77. The molecule has 1 aromatic heterocycles. The van der Waals surface area contributed by atoms with Gasteiger partial charge in [-0.15, -0.1) is 11.3 Å². The first kappa shape index (κ1) is 17.5. The molecule has 0 radical (unpaired) electrons. The van der Waals surface area contributed by atoms with Crippen molar-refractivity contribution in [3.05, 3.63) is 60.2 Å². The molecule has 4 nitrogen and oxygen atoms in total. The molecule has 0 aliphatic rings. The quantitative estimate of drug-likeness (QED) is 0.354. The van der Waals surface area contributed by atoms with Gasteiger partial charge >= 0.3 is 5.97 Å². The number of phenolic OH excluding ortho intramolecular Hbond substituents is 1. The highest BCUT2D eigenvalue weighted by Gasteiger charge is 2.13. The number of carbonyl (C=O) groups is 1. The second-order valence-corrected chi connectivity index (χ2v) is 7.44. The summed E-state index contributed by atoms with van der Waals surface area (Å²) in [6, 6.07) is 16.8. The maximum Gasteiger partial charge on any atom is 0.338 e. The van der Waals surface area contributed by atoms with Crippen LogP contribution in [0.15, 0.2) is 54.6 Å². The third-order valence-electron chi connectivity index (χ3n) is 4.45. The first-order chi connectivity index (χ1) is 13.2. The van der Waals surface area contributed by atoms with E-state index in [-0.39, 0.29) is 11.7 Å². The molecule has 27 heavy (non-hydrogen) atoms. The van der Waals surface area contributed by atoms with Crippen LogP contribution in [0.25, 0.3) is 31.6 Å². The van der Waals surface area contributed by atoms with Crippen molar-refractivity contribution in [1.29, 1.82) is 0 Å². The summed E-state index contributed by atoms with van der Waals surface area (Å²) in [6.07, 6.45) is 1.84. The fourth-order valence-corrected chi connectivity index (χ4v) is 3.95. The Labute approximate surface area is 161 Å². The van der Waals surface area contributed by atoms with E-state index in [4.69, 9.17) is 4.74 Å². The number of unbranched alkanes of at least 4 members (excludes halogenated alkanes) is 1. The summed E-state index contributed by atoms with van der Waals surface area (Å²) < 4.78 is 6.37. The number of hydrogen-bond acceptors (Lipinski definition) is 5. The van der Waals surface area contributed by atoms with Crippen molar-refractivity contribution in [3.8, 4) is 16.3 Å². The standard InChI is InChI=1S/C22H19NO3S/c1-2-3-10-26-22(25)15-9-8-14-13-19(24)17(12-16(14)11-15)21-23-18-6-4-5-7-20(18)27-21/h4-9,11-13,24H,2-3,10H2,1H3. The van der Waals surface area contributed by atoms with Gasteiger partial charge in [0.15, 0.2) is 0 Å². The highest BCUT2D eigenvalue weighted by molar-refractivity contribution is 7.21. The zero-order valence-corrected chi connectivity index (χ0v) is 15.8. The molecule has 0 fully saturated rings. The molecule has 1 N–H and O–H groups in total. The number of aromatic hydroxyl groups is 1. The zero-order chi connectivity index (χ0) is 18.8. The van der Waals surface area contributed by atoms with Crippen LogP contribution in [-0.2, 0) is 4.74 Å². The number of rotatable bonds is 5. The molecule has 0 spiro atoms. The summed E-state index contributed by atoms with van der Waals surface area (Å²) in [5.74, 6) is -0.139. The van der Waals surface area contributed by atoms with Crippen LogP contribution in [0.2, 0.25) is 0 Å². The molecule has 3 aromatic carbocycles. The van der Waals surface area contributed by atoms with Crippen LogP contribution < -0.4 is 0 Å². The second kappa shape index (κ2) is 7.37. The number of para-hydroxylation sites is 1. The normalized spacial score (nSPS) is 11.1. The van der Waals surface area contributed by atoms with E-state index in [0.717, 1.165) is 38.8 Å². The molecular weight excluding hydrogens is 358 g/mol. The van der Waals surface area contributed by atoms with Gasteiger partial charge in [0.05, 0.1) is 28.0 Å². The van der Waals surface area contributed by atoms with E-state index in [0.29, 0.717) is 17.7 Å². The van der Waals surface area contributed by atoms with Gasteiger partial charge in [-0.05, 0) is 53.6 Å². The van der Waals surface area contributed by atoms with Crippen LogP contribution in [0.1, 0.15) is 30.1 Å². The lowest BCUT2D eigenvalue weighted by Gasteiger charge is -2.07. The average Bonchev–Trinajstić information content (AvgIpc) is 3.11. The fourth-order valence-electron chi connectivity index (χ4n) is 2.96. The highest BCUT2D eigenvalue weighted by atomic mass is 32.1. The minimum atomic E-state index is -0.319. The summed E-state index contributed by atoms with van der Waals surface area (Å²) in [4.78, 5) is 16.8. The van der Waals surface area contributed by atoms with E-state index < -0.39 is 0 Å². The Morgan fingerprint density at radius 3 is 2.78 bits per heavy atom. The molecule has 4 aromatic rings. The summed E-state index contributed by atoms with van der Waals surface area (Å²) in [7, 11) is 0. The van der Waals surface area contributed by atoms with Crippen LogP contribution in [0.5, 0.6) is 5.75 Å². The van der Waals surface area contributed by atoms with Gasteiger partial charge < -0.3 is 9.84 Å². The number of aromatic nitrogens is 1. The van der Waals surface area contributed by atoms with Crippen molar-refractivity contribution < 1.29 is 14.6 Å². The first-order valence-corrected chi connectivity index (χ1v) is 9.77. The molecule has 1 heterocycles. The molecule has 136 valence electrons. The molecule has 0 aliphatic heterocycles. The SMILES string of the molecule is CCCCOC(=O)c1ccc2cc(O)c(-c3nc4ccccc4s3)cc2c1. The van der Waals surface area contributed by atoms with E-state index in [1.54, 1.807) is 18.2 Å². The Morgan fingerprint density at radius 1 is 1.11 bits per heavy atom. The number of benzene rings is 3.